The van der Waals surface area contributed by atoms with Gasteiger partial charge < -0.3 is 5.11 Å². The van der Waals surface area contributed by atoms with Gasteiger partial charge in [-0.3, -0.25) is 0 Å². The Morgan fingerprint density at radius 2 is 1.40 bits per heavy atom. The molecule has 0 fully saturated rings. The summed E-state index contributed by atoms with van der Waals surface area (Å²) in [5.74, 6) is -0.856. The Balaban J connectivity index is 1.68. The monoisotopic (exact) mass is 326 g/mol. The van der Waals surface area contributed by atoms with Crippen LogP contribution in [-0.2, 0) is 12.8 Å². The number of hydrogen-bond acceptors (Lipinski definition) is 1. The van der Waals surface area contributed by atoms with Crippen LogP contribution in [0.25, 0.3) is 21.5 Å². The third kappa shape index (κ3) is 2.99. The summed E-state index contributed by atoms with van der Waals surface area (Å²) in [4.78, 5) is 11.8. The first-order valence-corrected chi connectivity index (χ1v) is 8.44. The van der Waals surface area contributed by atoms with Gasteiger partial charge in [-0.1, -0.05) is 78.9 Å². The molecule has 0 saturated carbocycles. The third-order valence-electron chi connectivity index (χ3n) is 4.73. The van der Waals surface area contributed by atoms with Crippen LogP contribution in [0, 0.1) is 0 Å². The maximum atomic E-state index is 11.8. The minimum absolute atomic E-state index is 0.430. The van der Waals surface area contributed by atoms with Crippen LogP contribution in [0.5, 0.6) is 0 Å². The second-order valence-corrected chi connectivity index (χ2v) is 6.31. The highest BCUT2D eigenvalue weighted by Gasteiger charge is 2.14. The van der Waals surface area contributed by atoms with Gasteiger partial charge in [-0.25, -0.2) is 4.79 Å². The molecule has 0 heterocycles. The lowest BCUT2D eigenvalue weighted by atomic mass is 9.94. The molecule has 25 heavy (non-hydrogen) atoms. The van der Waals surface area contributed by atoms with Crippen molar-refractivity contribution in [2.75, 3.05) is 0 Å². The smallest absolute Gasteiger partial charge is 0.336 e. The molecule has 0 amide bonds. The van der Waals surface area contributed by atoms with E-state index in [9.17, 15) is 9.90 Å². The van der Waals surface area contributed by atoms with Gasteiger partial charge in [0.15, 0.2) is 0 Å². The van der Waals surface area contributed by atoms with E-state index in [0.717, 1.165) is 22.8 Å². The standard InChI is InChI=1S/C23H18O2/c24-23(25)22-19(14-13-18-6-3-4-8-21(18)22)12-10-16-9-11-17-5-1-2-7-20(17)15-16/h1-9,11,13-15H,10,12H2,(H,24,25). The molecule has 0 saturated heterocycles. The highest BCUT2D eigenvalue weighted by molar-refractivity contribution is 6.05. The van der Waals surface area contributed by atoms with Crippen molar-refractivity contribution in [2.45, 2.75) is 12.8 Å². The van der Waals surface area contributed by atoms with E-state index in [1.807, 2.05) is 48.5 Å². The molecule has 2 heteroatoms. The highest BCUT2D eigenvalue weighted by atomic mass is 16.4. The molecule has 0 aromatic heterocycles. The Morgan fingerprint density at radius 3 is 2.20 bits per heavy atom. The molecule has 0 aliphatic rings. The van der Waals surface area contributed by atoms with Crippen LogP contribution in [0.2, 0.25) is 0 Å². The summed E-state index contributed by atoms with van der Waals surface area (Å²) < 4.78 is 0. The average Bonchev–Trinajstić information content (AvgIpc) is 2.65. The van der Waals surface area contributed by atoms with Gasteiger partial charge >= 0.3 is 5.97 Å². The van der Waals surface area contributed by atoms with E-state index in [1.54, 1.807) is 0 Å². The van der Waals surface area contributed by atoms with E-state index in [2.05, 4.69) is 30.3 Å². The maximum absolute atomic E-state index is 11.8. The van der Waals surface area contributed by atoms with E-state index < -0.39 is 5.97 Å². The van der Waals surface area contributed by atoms with Crippen molar-refractivity contribution in [1.82, 2.24) is 0 Å². The number of carbonyl (C=O) groups is 1. The lowest BCUT2D eigenvalue weighted by Gasteiger charge is -2.10. The fourth-order valence-corrected chi connectivity index (χ4v) is 3.45. The number of benzene rings is 4. The Labute approximate surface area is 146 Å². The van der Waals surface area contributed by atoms with Gasteiger partial charge in [0.2, 0.25) is 0 Å². The van der Waals surface area contributed by atoms with Crippen LogP contribution in [0.15, 0.2) is 78.9 Å². The number of aryl methyl sites for hydroxylation is 2. The predicted octanol–water partition coefficient (Wildman–Crippen LogP) is 5.48. The van der Waals surface area contributed by atoms with E-state index in [-0.39, 0.29) is 0 Å². The van der Waals surface area contributed by atoms with Gasteiger partial charge in [-0.15, -0.1) is 0 Å². The number of carboxylic acids is 1. The summed E-state index contributed by atoms with van der Waals surface area (Å²) in [6, 6.07) is 26.4. The molecular weight excluding hydrogens is 308 g/mol. The zero-order chi connectivity index (χ0) is 17.2. The van der Waals surface area contributed by atoms with Gasteiger partial charge in [-0.05, 0) is 45.5 Å². The van der Waals surface area contributed by atoms with E-state index in [4.69, 9.17) is 0 Å². The van der Waals surface area contributed by atoms with Crippen molar-refractivity contribution >= 4 is 27.5 Å². The molecule has 4 aromatic carbocycles. The largest absolute Gasteiger partial charge is 0.478 e. The molecule has 0 unspecified atom stereocenters. The second kappa shape index (κ2) is 6.40. The van der Waals surface area contributed by atoms with Crippen LogP contribution in [0.3, 0.4) is 0 Å². The van der Waals surface area contributed by atoms with E-state index in [0.29, 0.717) is 12.0 Å². The quantitative estimate of drug-likeness (QED) is 0.539. The van der Waals surface area contributed by atoms with Gasteiger partial charge in [0, 0.05) is 0 Å². The molecule has 122 valence electrons. The number of fused-ring (bicyclic) bond motifs is 2. The number of aromatic carboxylic acids is 1. The number of rotatable bonds is 4. The molecule has 0 spiro atoms. The Hall–Kier alpha value is -3.13. The highest BCUT2D eigenvalue weighted by Crippen LogP contribution is 2.24. The average molecular weight is 326 g/mol. The lowest BCUT2D eigenvalue weighted by molar-refractivity contribution is 0.0698. The van der Waals surface area contributed by atoms with Gasteiger partial charge in [-0.2, -0.15) is 0 Å². The molecule has 4 rings (SSSR count). The topological polar surface area (TPSA) is 37.3 Å². The molecule has 0 radical (unpaired) electrons. The summed E-state index contributed by atoms with van der Waals surface area (Å²) >= 11 is 0. The first-order chi connectivity index (χ1) is 12.2. The SMILES string of the molecule is O=C(O)c1c(CCc2ccc3ccccc3c2)ccc2ccccc12. The second-order valence-electron chi connectivity index (χ2n) is 6.31. The van der Waals surface area contributed by atoms with Gasteiger partial charge in [0.05, 0.1) is 5.56 Å². The van der Waals surface area contributed by atoms with Crippen LogP contribution in [0.4, 0.5) is 0 Å². The number of carboxylic acid groups (broad SMARTS) is 1. The molecule has 1 N–H and O–H groups in total. The summed E-state index contributed by atoms with van der Waals surface area (Å²) in [5, 5.41) is 13.9. The maximum Gasteiger partial charge on any atom is 0.336 e. The predicted molar refractivity (Wildman–Crippen MR) is 102 cm³/mol. The van der Waals surface area contributed by atoms with Crippen molar-refractivity contribution < 1.29 is 9.90 Å². The van der Waals surface area contributed by atoms with E-state index in [1.165, 1.54) is 16.3 Å². The minimum Gasteiger partial charge on any atom is -0.478 e. The normalized spacial score (nSPS) is 11.0. The fourth-order valence-electron chi connectivity index (χ4n) is 3.45. The summed E-state index contributed by atoms with van der Waals surface area (Å²) in [7, 11) is 0. The van der Waals surface area contributed by atoms with Crippen LogP contribution < -0.4 is 0 Å². The lowest BCUT2D eigenvalue weighted by Crippen LogP contribution is -2.05. The van der Waals surface area contributed by atoms with E-state index >= 15 is 0 Å². The fraction of sp³-hybridized carbons (Fsp3) is 0.0870. The van der Waals surface area contributed by atoms with Gasteiger partial charge in [0.25, 0.3) is 0 Å². The first-order valence-electron chi connectivity index (χ1n) is 8.44. The summed E-state index contributed by atoms with van der Waals surface area (Å²) in [5.41, 5.74) is 2.54. The third-order valence-corrected chi connectivity index (χ3v) is 4.73. The molecule has 0 aliphatic heterocycles. The summed E-state index contributed by atoms with van der Waals surface area (Å²) in [6.45, 7) is 0. The van der Waals surface area contributed by atoms with Crippen molar-refractivity contribution in [1.29, 1.82) is 0 Å². The Kier molecular flexibility index (Phi) is 3.95. The van der Waals surface area contributed by atoms with Gasteiger partial charge in [0.1, 0.15) is 0 Å². The van der Waals surface area contributed by atoms with Crippen molar-refractivity contribution in [3.63, 3.8) is 0 Å². The molecular formula is C23H18O2. The van der Waals surface area contributed by atoms with Crippen LogP contribution in [-0.4, -0.2) is 11.1 Å². The molecule has 0 aliphatic carbocycles. The van der Waals surface area contributed by atoms with Crippen LogP contribution >= 0.6 is 0 Å². The first kappa shape index (κ1) is 15.4. The minimum atomic E-state index is -0.856. The molecule has 2 nitrogen and oxygen atoms in total. The van der Waals surface area contributed by atoms with Crippen molar-refractivity contribution in [2.24, 2.45) is 0 Å². The molecule has 0 bridgehead atoms. The number of hydrogen-bond donors (Lipinski definition) is 1. The van der Waals surface area contributed by atoms with Crippen LogP contribution in [0.1, 0.15) is 21.5 Å². The molecule has 4 aromatic rings. The zero-order valence-electron chi connectivity index (χ0n) is 13.8. The Morgan fingerprint density at radius 1 is 0.720 bits per heavy atom. The Bertz CT molecular complexity index is 1080. The van der Waals surface area contributed by atoms with Crippen molar-refractivity contribution in [3.8, 4) is 0 Å². The van der Waals surface area contributed by atoms with Crippen molar-refractivity contribution in [3.05, 3.63) is 95.6 Å². The molecule has 0 atom stereocenters. The zero-order valence-corrected chi connectivity index (χ0v) is 13.8. The summed E-state index contributed by atoms with van der Waals surface area (Å²) in [6.07, 6.45) is 1.54.